The van der Waals surface area contributed by atoms with Crippen LogP contribution in [-0.4, -0.2) is 129 Å². The molecule has 466 valence electrons. The quantitative estimate of drug-likeness (QED) is 0.0207. The fourth-order valence-electron chi connectivity index (χ4n) is 11.4. The molecule has 6 unspecified atom stereocenters. The molecule has 8 bridgehead atoms. The number of carboxylic acids is 6. The van der Waals surface area contributed by atoms with Gasteiger partial charge in [0.2, 0.25) is 0 Å². The Balaban J connectivity index is 1.28. The highest BCUT2D eigenvalue weighted by molar-refractivity contribution is 6.07. The zero-order chi connectivity index (χ0) is 64.7. The maximum absolute atomic E-state index is 12.7. The molecule has 0 aliphatic carbocycles. The lowest BCUT2D eigenvalue weighted by Crippen LogP contribution is -2.31. The summed E-state index contributed by atoms with van der Waals surface area (Å²) in [5.41, 5.74) is 6.35. The van der Waals surface area contributed by atoms with Crippen LogP contribution in [0.5, 0.6) is 0 Å². The van der Waals surface area contributed by atoms with Gasteiger partial charge >= 0.3 is 41.8 Å². The number of aromatic nitrogens is 8. The number of rotatable bonds is 24. The summed E-state index contributed by atoms with van der Waals surface area (Å²) in [7, 11) is 0. The van der Waals surface area contributed by atoms with E-state index in [1.165, 1.54) is 27.7 Å². The number of nitrogens with zero attached hydrogens (tertiary/aromatic N) is 7. The summed E-state index contributed by atoms with van der Waals surface area (Å²) in [6.45, 7) is 9.23. The first-order chi connectivity index (χ1) is 42.7. The zero-order valence-corrected chi connectivity index (χ0v) is 50.0. The summed E-state index contributed by atoms with van der Waals surface area (Å²) in [6, 6.07) is 16.0. The molecule has 10 rings (SSSR count). The number of aliphatic carboxylic acids is 6. The smallest absolute Gasteiger partial charge is 0.333 e. The zero-order valence-electron chi connectivity index (χ0n) is 50.0. The van der Waals surface area contributed by atoms with Crippen LogP contribution in [0.3, 0.4) is 0 Å². The molecule has 3 aromatic heterocycles. The number of hydroxylamine groups is 2. The van der Waals surface area contributed by atoms with E-state index in [0.29, 0.717) is 102 Å². The van der Waals surface area contributed by atoms with Crippen LogP contribution in [0.1, 0.15) is 113 Å². The third-order valence-corrected chi connectivity index (χ3v) is 16.8. The predicted molar refractivity (Wildman–Crippen MR) is 324 cm³/mol. The van der Waals surface area contributed by atoms with E-state index < -0.39 is 89.1 Å². The Morgan fingerprint density at radius 1 is 0.422 bits per heavy atom. The van der Waals surface area contributed by atoms with Crippen molar-refractivity contribution in [2.75, 3.05) is 0 Å². The number of aromatic amines is 2. The molecule has 25 nitrogen and oxygen atoms in total. The standard InChI is InChI=1S/C65H65N9O16/c1-28(60(78)79)15-35-22-43-44(23-36(35)16-29(2)61(80)81)56-69-54(43)67-52-41-12-11-34(9-7-8-10-51(77)90-74-49(75)13-14-50(74)76)21-42(41)53(66-52)68-55-45-24-37(17-30(3)62(82)83)38(18-31(4)63(84)85)25-46(45)57(70-55)72-59-48-27-40(20-33(6)65(88)89)39(19-32(5)64(86)87)26-47(48)58(71-56)73-59/h11-12,21-33H,7-10,13-20H2,1-6H3,(H,78,79)(H,80,81)(H,82,83)(H,84,85)(H,86,87)(H,88,89)(H2,66,67,68,69,70,71,72,73). The van der Waals surface area contributed by atoms with Crippen molar-refractivity contribution in [3.8, 4) is 45.6 Å². The van der Waals surface area contributed by atoms with Gasteiger partial charge in [-0.25, -0.2) is 34.7 Å². The van der Waals surface area contributed by atoms with Crippen LogP contribution in [0.15, 0.2) is 54.6 Å². The maximum atomic E-state index is 12.7. The van der Waals surface area contributed by atoms with Gasteiger partial charge in [-0.15, -0.1) is 5.06 Å². The van der Waals surface area contributed by atoms with Crippen LogP contribution in [0, 0.1) is 35.5 Å². The second-order valence-electron chi connectivity index (χ2n) is 23.9. The second-order valence-corrected chi connectivity index (χ2v) is 23.9. The number of amides is 2. The second kappa shape index (κ2) is 25.4. The van der Waals surface area contributed by atoms with E-state index in [0.717, 1.165) is 5.56 Å². The Hall–Kier alpha value is -10.3. The first kappa shape index (κ1) is 62.7. The van der Waals surface area contributed by atoms with Crippen molar-refractivity contribution >= 4 is 97.7 Å². The molecule has 6 atom stereocenters. The molecule has 0 radical (unpaired) electrons. The number of hydrogen-bond acceptors (Lipinski definition) is 16. The molecule has 25 heteroatoms. The monoisotopic (exact) mass is 1230 g/mol. The molecule has 6 heterocycles. The summed E-state index contributed by atoms with van der Waals surface area (Å²) < 4.78 is 0. The number of nitrogens with one attached hydrogen (secondary N) is 2. The van der Waals surface area contributed by atoms with E-state index >= 15 is 0 Å². The lowest BCUT2D eigenvalue weighted by atomic mass is 9.88. The Labute approximate surface area is 512 Å². The first-order valence-electron chi connectivity index (χ1n) is 29.6. The fourth-order valence-corrected chi connectivity index (χ4v) is 11.4. The predicted octanol–water partition coefficient (Wildman–Crippen LogP) is 8.77. The minimum Gasteiger partial charge on any atom is -0.481 e. The number of aryl methyl sites for hydroxylation is 1. The van der Waals surface area contributed by atoms with E-state index in [9.17, 15) is 73.8 Å². The van der Waals surface area contributed by atoms with Crippen molar-refractivity contribution < 1.29 is 78.6 Å². The molecule has 90 heavy (non-hydrogen) atoms. The average Bonchev–Trinajstić information content (AvgIpc) is 1.59. The third-order valence-electron chi connectivity index (χ3n) is 16.8. The van der Waals surface area contributed by atoms with Crippen molar-refractivity contribution in [1.82, 2.24) is 44.9 Å². The number of carbonyl (C=O) groups is 9. The van der Waals surface area contributed by atoms with Crippen molar-refractivity contribution in [1.29, 1.82) is 0 Å². The van der Waals surface area contributed by atoms with Gasteiger partial charge < -0.3 is 45.4 Å². The van der Waals surface area contributed by atoms with Gasteiger partial charge in [-0.05, 0) is 139 Å². The number of carbonyl (C=O) groups excluding carboxylic acids is 3. The molecule has 0 saturated carbocycles. The molecule has 7 aromatic rings. The van der Waals surface area contributed by atoms with E-state index in [1.807, 2.05) is 18.2 Å². The molecule has 3 aliphatic heterocycles. The van der Waals surface area contributed by atoms with E-state index in [4.69, 9.17) is 34.7 Å². The maximum Gasteiger partial charge on any atom is 0.333 e. The summed E-state index contributed by atoms with van der Waals surface area (Å²) >= 11 is 0. The number of carboxylic acid groups (broad SMARTS) is 6. The van der Waals surface area contributed by atoms with Crippen LogP contribution in [-0.2, 0) is 92.9 Å². The van der Waals surface area contributed by atoms with Crippen LogP contribution < -0.4 is 0 Å². The molecule has 8 N–H and O–H groups in total. The number of unbranched alkanes of at least 4 members (excludes halogenated alkanes) is 1. The van der Waals surface area contributed by atoms with Crippen molar-refractivity contribution in [3.63, 3.8) is 0 Å². The van der Waals surface area contributed by atoms with Crippen molar-refractivity contribution in [2.24, 2.45) is 35.5 Å². The number of fused-ring (bicyclic) bond motifs is 20. The van der Waals surface area contributed by atoms with E-state index in [1.54, 1.807) is 50.2 Å². The Morgan fingerprint density at radius 3 is 1.04 bits per heavy atom. The van der Waals surface area contributed by atoms with Crippen LogP contribution in [0.4, 0.5) is 0 Å². The molecular weight excluding hydrogens is 1160 g/mol. The molecular formula is C65H65N9O16. The minimum absolute atomic E-state index is 0.0000215. The summed E-state index contributed by atoms with van der Waals surface area (Å²) in [4.78, 5) is 154. The topological polar surface area (TPSA) is 396 Å². The number of imide groups is 1. The van der Waals surface area contributed by atoms with Crippen LogP contribution >= 0.6 is 0 Å². The Kier molecular flexibility index (Phi) is 17.7. The Bertz CT molecular complexity index is 4360. The average molecular weight is 1230 g/mol. The van der Waals surface area contributed by atoms with E-state index in [2.05, 4.69) is 9.97 Å². The van der Waals surface area contributed by atoms with Crippen LogP contribution in [0.25, 0.3) is 89.7 Å². The number of benzene rings is 4. The highest BCUT2D eigenvalue weighted by Crippen LogP contribution is 2.42. The largest absolute Gasteiger partial charge is 0.481 e. The molecule has 4 aromatic carbocycles. The van der Waals surface area contributed by atoms with Gasteiger partial charge in [0, 0.05) is 63.1 Å². The van der Waals surface area contributed by atoms with Crippen molar-refractivity contribution in [2.45, 2.75) is 119 Å². The molecule has 1 fully saturated rings. The highest BCUT2D eigenvalue weighted by atomic mass is 16.7. The number of hydrogen-bond donors (Lipinski definition) is 8. The minimum atomic E-state index is -1.09. The summed E-state index contributed by atoms with van der Waals surface area (Å²) in [6.07, 6.45) is 1.06. The fraction of sp³-hybridized carbons (Fsp3) is 0.369. The van der Waals surface area contributed by atoms with Gasteiger partial charge in [-0.3, -0.25) is 38.4 Å². The first-order valence-corrected chi connectivity index (χ1v) is 29.6. The molecule has 2 amide bonds. The highest BCUT2D eigenvalue weighted by Gasteiger charge is 2.34. The molecule has 0 spiro atoms. The van der Waals surface area contributed by atoms with Gasteiger partial charge in [0.1, 0.15) is 22.6 Å². The Morgan fingerprint density at radius 2 is 0.722 bits per heavy atom. The van der Waals surface area contributed by atoms with Gasteiger partial charge in [0.15, 0.2) is 23.3 Å². The summed E-state index contributed by atoms with van der Waals surface area (Å²) in [5, 5.41) is 63.4. The lowest BCUT2D eigenvalue weighted by Gasteiger charge is -2.16. The van der Waals surface area contributed by atoms with Gasteiger partial charge in [0.05, 0.1) is 35.5 Å². The SMILES string of the molecule is CC(Cc1cc2c(cc1CC(C)C(=O)O)-c1nc-2nc2[nH]c(nc3nc(nc4[nH]c(n1)c1cc(CC(C)C(=O)O)c(CC(C)C(=O)O)cc41)-c1cc(CC(C)C(=O)O)c(CC(C)C(=O)O)cc1-3)c1cc(CCCCC(=O)ON3C(=O)CCC3=O)ccc21)C(=O)O. The number of H-pyrrole nitrogens is 2. The van der Waals surface area contributed by atoms with Gasteiger partial charge in [-0.1, -0.05) is 53.7 Å². The van der Waals surface area contributed by atoms with Crippen LogP contribution in [0.2, 0.25) is 0 Å². The summed E-state index contributed by atoms with van der Waals surface area (Å²) in [5.74, 6) is -13.5. The van der Waals surface area contributed by atoms with Gasteiger partial charge in [0.25, 0.3) is 11.8 Å². The lowest BCUT2D eigenvalue weighted by molar-refractivity contribution is -0.197. The van der Waals surface area contributed by atoms with Crippen molar-refractivity contribution in [3.05, 3.63) is 93.5 Å². The van der Waals surface area contributed by atoms with Gasteiger partial charge in [-0.2, -0.15) is 0 Å². The van der Waals surface area contributed by atoms with E-state index in [-0.39, 0.29) is 104 Å². The third kappa shape index (κ3) is 13.1. The molecule has 1 saturated heterocycles. The molecule has 3 aliphatic rings. The normalized spacial score (nSPS) is 14.8.